The maximum Gasteiger partial charge on any atom is 0.249 e. The van der Waals surface area contributed by atoms with E-state index in [4.69, 9.17) is 5.73 Å². The Bertz CT molecular complexity index is 802. The number of nitrogens with zero attached hydrogens (tertiary/aromatic N) is 3. The van der Waals surface area contributed by atoms with Crippen LogP contribution in [0.1, 0.15) is 59.4 Å². The first-order valence-corrected chi connectivity index (χ1v) is 8.50. The molecule has 1 aliphatic heterocycles. The van der Waals surface area contributed by atoms with Crippen molar-refractivity contribution in [3.8, 4) is 0 Å². The number of rotatable bonds is 4. The Labute approximate surface area is 147 Å². The fourth-order valence-corrected chi connectivity index (χ4v) is 3.19. The highest BCUT2D eigenvalue weighted by molar-refractivity contribution is 5.99. The molecule has 1 atom stereocenters. The summed E-state index contributed by atoms with van der Waals surface area (Å²) in [6.45, 7) is 4.49. The van der Waals surface area contributed by atoms with Gasteiger partial charge in [0.2, 0.25) is 11.8 Å². The van der Waals surface area contributed by atoms with Crippen molar-refractivity contribution in [3.63, 3.8) is 0 Å². The molecule has 25 heavy (non-hydrogen) atoms. The van der Waals surface area contributed by atoms with E-state index in [2.05, 4.69) is 9.97 Å². The van der Waals surface area contributed by atoms with E-state index >= 15 is 0 Å². The van der Waals surface area contributed by atoms with Gasteiger partial charge in [-0.3, -0.25) is 9.59 Å². The third kappa shape index (κ3) is 3.52. The second kappa shape index (κ2) is 7.01. The van der Waals surface area contributed by atoms with Crippen LogP contribution in [0, 0.1) is 6.92 Å². The third-order valence-electron chi connectivity index (χ3n) is 4.70. The predicted octanol–water partition coefficient (Wildman–Crippen LogP) is 2.55. The minimum atomic E-state index is -0.499. The van der Waals surface area contributed by atoms with Crippen LogP contribution in [0.25, 0.3) is 0 Å². The molecule has 1 saturated heterocycles. The van der Waals surface area contributed by atoms with Crippen molar-refractivity contribution in [2.24, 2.45) is 5.73 Å². The Kier molecular flexibility index (Phi) is 4.79. The number of amides is 2. The van der Waals surface area contributed by atoms with Gasteiger partial charge in [0, 0.05) is 42.5 Å². The lowest BCUT2D eigenvalue weighted by atomic mass is 9.90. The minimum absolute atomic E-state index is 0.0748. The van der Waals surface area contributed by atoms with Crippen LogP contribution in [0.5, 0.6) is 0 Å². The highest BCUT2D eigenvalue weighted by atomic mass is 16.2. The van der Waals surface area contributed by atoms with Crippen LogP contribution in [0.4, 0.5) is 5.69 Å². The van der Waals surface area contributed by atoms with Crippen molar-refractivity contribution in [1.82, 2.24) is 9.97 Å². The number of aromatic nitrogens is 2. The molecule has 0 bridgehead atoms. The van der Waals surface area contributed by atoms with Crippen molar-refractivity contribution in [2.75, 3.05) is 11.4 Å². The zero-order chi connectivity index (χ0) is 18.0. The minimum Gasteiger partial charge on any atom is -0.366 e. The van der Waals surface area contributed by atoms with Gasteiger partial charge in [0.1, 0.15) is 5.82 Å². The van der Waals surface area contributed by atoms with Crippen molar-refractivity contribution in [3.05, 3.63) is 53.1 Å². The van der Waals surface area contributed by atoms with Gasteiger partial charge < -0.3 is 10.6 Å². The van der Waals surface area contributed by atoms with Crippen LogP contribution >= 0.6 is 0 Å². The van der Waals surface area contributed by atoms with Crippen LogP contribution in [0.2, 0.25) is 0 Å². The molecule has 2 heterocycles. The van der Waals surface area contributed by atoms with Gasteiger partial charge in [0.05, 0.1) is 0 Å². The molecule has 6 heteroatoms. The number of benzene rings is 1. The van der Waals surface area contributed by atoms with E-state index < -0.39 is 5.91 Å². The van der Waals surface area contributed by atoms with Crippen LogP contribution in [0.15, 0.2) is 30.6 Å². The molecule has 0 radical (unpaired) electrons. The Morgan fingerprint density at radius 2 is 1.96 bits per heavy atom. The Morgan fingerprint density at radius 1 is 1.24 bits per heavy atom. The van der Waals surface area contributed by atoms with E-state index in [0.29, 0.717) is 24.4 Å². The Morgan fingerprint density at radius 3 is 2.60 bits per heavy atom. The molecule has 2 aromatic rings. The van der Waals surface area contributed by atoms with Gasteiger partial charge in [-0.2, -0.15) is 0 Å². The molecule has 0 unspecified atom stereocenters. The summed E-state index contributed by atoms with van der Waals surface area (Å²) in [6, 6.07) is 5.49. The molecule has 6 nitrogen and oxygen atoms in total. The summed E-state index contributed by atoms with van der Waals surface area (Å²) in [5, 5.41) is 0. The smallest absolute Gasteiger partial charge is 0.249 e. The monoisotopic (exact) mass is 338 g/mol. The van der Waals surface area contributed by atoms with Gasteiger partial charge in [0.25, 0.3) is 0 Å². The second-order valence-electron chi connectivity index (χ2n) is 6.42. The molecule has 0 spiro atoms. The number of aryl methyl sites for hydroxylation is 1. The highest BCUT2D eigenvalue weighted by Crippen LogP contribution is 2.30. The van der Waals surface area contributed by atoms with Gasteiger partial charge >= 0.3 is 0 Å². The van der Waals surface area contributed by atoms with Gasteiger partial charge in [0.15, 0.2) is 0 Å². The number of nitrogens with two attached hydrogens (primary N) is 1. The van der Waals surface area contributed by atoms with E-state index in [-0.39, 0.29) is 11.8 Å². The van der Waals surface area contributed by atoms with E-state index in [1.807, 2.05) is 26.0 Å². The number of carbonyl (C=O) groups is 2. The first kappa shape index (κ1) is 17.1. The average molecular weight is 338 g/mol. The average Bonchev–Trinajstić information content (AvgIpc) is 2.61. The molecule has 1 aromatic heterocycles. The summed E-state index contributed by atoms with van der Waals surface area (Å²) in [4.78, 5) is 34.3. The molecule has 1 fully saturated rings. The van der Waals surface area contributed by atoms with Gasteiger partial charge in [-0.05, 0) is 43.0 Å². The van der Waals surface area contributed by atoms with Gasteiger partial charge in [-0.15, -0.1) is 0 Å². The van der Waals surface area contributed by atoms with E-state index in [1.54, 1.807) is 23.4 Å². The first-order chi connectivity index (χ1) is 12.0. The van der Waals surface area contributed by atoms with Crippen molar-refractivity contribution in [1.29, 1.82) is 0 Å². The molecule has 2 amide bonds. The molecule has 1 aromatic carbocycles. The maximum absolute atomic E-state index is 12.1. The molecule has 0 saturated carbocycles. The normalized spacial score (nSPS) is 15.9. The quantitative estimate of drug-likeness (QED) is 0.928. The summed E-state index contributed by atoms with van der Waals surface area (Å²) < 4.78 is 0. The number of primary amides is 1. The largest absolute Gasteiger partial charge is 0.366 e. The van der Waals surface area contributed by atoms with Crippen LogP contribution in [-0.2, 0) is 4.79 Å². The number of carbonyl (C=O) groups excluding carboxylic acids is 2. The fourth-order valence-electron chi connectivity index (χ4n) is 3.19. The van der Waals surface area contributed by atoms with E-state index in [9.17, 15) is 9.59 Å². The molecule has 3 rings (SSSR count). The number of anilines is 1. The molecular weight excluding hydrogens is 316 g/mol. The highest BCUT2D eigenvalue weighted by Gasteiger charge is 2.23. The Hall–Kier alpha value is -2.76. The van der Waals surface area contributed by atoms with Crippen LogP contribution < -0.4 is 10.6 Å². The lowest BCUT2D eigenvalue weighted by Crippen LogP contribution is -2.35. The van der Waals surface area contributed by atoms with E-state index in [1.165, 1.54) is 0 Å². The van der Waals surface area contributed by atoms with Crippen molar-refractivity contribution >= 4 is 17.5 Å². The topological polar surface area (TPSA) is 89.2 Å². The Balaban J connectivity index is 1.98. The standard InChI is InChI=1S/C19H22N4O2/c1-12(14-10-21-13(2)22-11-14)16-7-6-15(9-17(16)19(20)25)23-8-4-3-5-18(23)24/h6-7,9-12H,3-5,8H2,1-2H3,(H2,20,25)/t12-/m0/s1. The number of hydrogen-bond donors (Lipinski definition) is 1. The zero-order valence-electron chi connectivity index (χ0n) is 14.5. The number of piperidine rings is 1. The molecule has 2 N–H and O–H groups in total. The SMILES string of the molecule is Cc1ncc([C@H](C)c2ccc(N3CCCCC3=O)cc2C(N)=O)cn1. The zero-order valence-corrected chi connectivity index (χ0v) is 14.5. The molecule has 130 valence electrons. The van der Waals surface area contributed by atoms with Crippen molar-refractivity contribution in [2.45, 2.75) is 39.0 Å². The summed E-state index contributed by atoms with van der Waals surface area (Å²) in [5.74, 6) is 0.217. The number of hydrogen-bond acceptors (Lipinski definition) is 4. The van der Waals surface area contributed by atoms with Gasteiger partial charge in [-0.1, -0.05) is 13.0 Å². The lowest BCUT2D eigenvalue weighted by molar-refractivity contribution is -0.119. The van der Waals surface area contributed by atoms with Gasteiger partial charge in [-0.25, -0.2) is 9.97 Å². The fraction of sp³-hybridized carbons (Fsp3) is 0.368. The predicted molar refractivity (Wildman–Crippen MR) is 95.4 cm³/mol. The first-order valence-electron chi connectivity index (χ1n) is 8.50. The second-order valence-corrected chi connectivity index (χ2v) is 6.42. The van der Waals surface area contributed by atoms with Crippen LogP contribution in [0.3, 0.4) is 0 Å². The summed E-state index contributed by atoms with van der Waals surface area (Å²) in [6.07, 6.45) is 5.96. The summed E-state index contributed by atoms with van der Waals surface area (Å²) in [7, 11) is 0. The van der Waals surface area contributed by atoms with Crippen molar-refractivity contribution < 1.29 is 9.59 Å². The third-order valence-corrected chi connectivity index (χ3v) is 4.70. The maximum atomic E-state index is 12.1. The molecular formula is C19H22N4O2. The van der Waals surface area contributed by atoms with Crippen LogP contribution in [-0.4, -0.2) is 28.3 Å². The lowest BCUT2D eigenvalue weighted by Gasteiger charge is -2.28. The molecule has 1 aliphatic rings. The summed E-state index contributed by atoms with van der Waals surface area (Å²) >= 11 is 0. The summed E-state index contributed by atoms with van der Waals surface area (Å²) in [5.41, 5.74) is 8.50. The molecule has 0 aliphatic carbocycles. The van der Waals surface area contributed by atoms with E-state index in [0.717, 1.165) is 29.7 Å².